The lowest BCUT2D eigenvalue weighted by Gasteiger charge is -2.31. The number of pyridine rings is 1. The molecule has 0 aliphatic heterocycles. The molecule has 0 spiro atoms. The van der Waals surface area contributed by atoms with E-state index in [1.54, 1.807) is 0 Å². The molecule has 3 atom stereocenters. The summed E-state index contributed by atoms with van der Waals surface area (Å²) < 4.78 is 0. The third-order valence-corrected chi connectivity index (χ3v) is 3.64. The van der Waals surface area contributed by atoms with Gasteiger partial charge in [-0.2, -0.15) is 0 Å². The molecule has 3 unspecified atom stereocenters. The van der Waals surface area contributed by atoms with Crippen LogP contribution < -0.4 is 5.32 Å². The third-order valence-electron chi connectivity index (χ3n) is 3.64. The highest BCUT2D eigenvalue weighted by Crippen LogP contribution is 2.26. The van der Waals surface area contributed by atoms with Gasteiger partial charge in [-0.3, -0.25) is 4.98 Å². The van der Waals surface area contributed by atoms with Crippen LogP contribution in [0.1, 0.15) is 39.3 Å². The quantitative estimate of drug-likeness (QED) is 0.825. The van der Waals surface area contributed by atoms with Gasteiger partial charge in [-0.05, 0) is 31.0 Å². The highest BCUT2D eigenvalue weighted by Gasteiger charge is 2.25. The van der Waals surface area contributed by atoms with E-state index in [-0.39, 0.29) is 0 Å². The molecule has 2 heteroatoms. The van der Waals surface area contributed by atoms with E-state index >= 15 is 0 Å². The van der Waals surface area contributed by atoms with E-state index in [2.05, 4.69) is 50.1 Å². The van der Waals surface area contributed by atoms with Crippen molar-refractivity contribution >= 4 is 0 Å². The van der Waals surface area contributed by atoms with Gasteiger partial charge >= 0.3 is 0 Å². The molecule has 1 aromatic heterocycles. The van der Waals surface area contributed by atoms with E-state index < -0.39 is 0 Å². The van der Waals surface area contributed by atoms with Gasteiger partial charge in [0.1, 0.15) is 0 Å². The largest absolute Gasteiger partial charge is 0.316 e. The molecule has 0 bridgehead atoms. The van der Waals surface area contributed by atoms with Gasteiger partial charge in [-0.25, -0.2) is 0 Å². The molecular formula is C14H24N2. The molecule has 1 aromatic rings. The van der Waals surface area contributed by atoms with Crippen LogP contribution >= 0.6 is 0 Å². The first-order chi connectivity index (χ1) is 7.57. The number of hydrogen-bond donors (Lipinski definition) is 1. The van der Waals surface area contributed by atoms with Crippen LogP contribution in [0.5, 0.6) is 0 Å². The Morgan fingerprint density at radius 2 is 1.81 bits per heavy atom. The van der Waals surface area contributed by atoms with Gasteiger partial charge in [0.2, 0.25) is 0 Å². The predicted octanol–water partition coefficient (Wildman–Crippen LogP) is 3.07. The lowest BCUT2D eigenvalue weighted by atomic mass is 9.82. The van der Waals surface area contributed by atoms with Crippen molar-refractivity contribution in [1.82, 2.24) is 10.3 Å². The lowest BCUT2D eigenvalue weighted by Crippen LogP contribution is -2.39. The van der Waals surface area contributed by atoms with Crippen LogP contribution in [0.25, 0.3) is 0 Å². The summed E-state index contributed by atoms with van der Waals surface area (Å²) in [7, 11) is 2.04. The van der Waals surface area contributed by atoms with Crippen LogP contribution in [0, 0.1) is 11.8 Å². The highest BCUT2D eigenvalue weighted by atomic mass is 14.9. The van der Waals surface area contributed by atoms with Crippen LogP contribution in [0.3, 0.4) is 0 Å². The molecule has 0 saturated heterocycles. The molecule has 0 aliphatic rings. The first kappa shape index (κ1) is 13.2. The van der Waals surface area contributed by atoms with Crippen molar-refractivity contribution < 1.29 is 0 Å². The molecular weight excluding hydrogens is 196 g/mol. The number of nitrogens with zero attached hydrogens (tertiary/aromatic N) is 1. The summed E-state index contributed by atoms with van der Waals surface area (Å²) in [4.78, 5) is 4.45. The fraction of sp³-hybridized carbons (Fsp3) is 0.643. The normalized spacial score (nSPS) is 17.1. The first-order valence-corrected chi connectivity index (χ1v) is 6.16. The van der Waals surface area contributed by atoms with E-state index in [0.29, 0.717) is 23.8 Å². The van der Waals surface area contributed by atoms with Crippen LogP contribution in [-0.4, -0.2) is 18.1 Å². The Kier molecular flexibility index (Phi) is 4.94. The van der Waals surface area contributed by atoms with Gasteiger partial charge in [-0.15, -0.1) is 0 Å². The topological polar surface area (TPSA) is 24.9 Å². The fourth-order valence-electron chi connectivity index (χ4n) is 2.21. The molecule has 0 aromatic carbocycles. The molecule has 1 N–H and O–H groups in total. The van der Waals surface area contributed by atoms with Crippen LogP contribution in [0.2, 0.25) is 0 Å². The van der Waals surface area contributed by atoms with Crippen LogP contribution in [0.4, 0.5) is 0 Å². The van der Waals surface area contributed by atoms with Gasteiger partial charge in [0.25, 0.3) is 0 Å². The summed E-state index contributed by atoms with van der Waals surface area (Å²) in [5.74, 6) is 1.77. The molecule has 0 aliphatic carbocycles. The SMILES string of the molecule is CNC(C(C)c1ccccn1)C(C)C(C)C. The monoisotopic (exact) mass is 220 g/mol. The fourth-order valence-corrected chi connectivity index (χ4v) is 2.21. The van der Waals surface area contributed by atoms with Crippen molar-refractivity contribution in [2.75, 3.05) is 7.05 Å². The van der Waals surface area contributed by atoms with E-state index in [0.717, 1.165) is 0 Å². The van der Waals surface area contributed by atoms with Gasteiger partial charge in [0.05, 0.1) is 0 Å². The Balaban J connectivity index is 2.81. The smallest absolute Gasteiger partial charge is 0.0447 e. The molecule has 1 heterocycles. The number of nitrogens with one attached hydrogen (secondary N) is 1. The van der Waals surface area contributed by atoms with E-state index in [1.165, 1.54) is 5.69 Å². The number of likely N-dealkylation sites (N-methyl/N-ethyl adjacent to an activating group) is 1. The summed E-state index contributed by atoms with van der Waals surface area (Å²) in [5, 5.41) is 3.44. The zero-order valence-corrected chi connectivity index (χ0v) is 11.1. The van der Waals surface area contributed by atoms with E-state index in [4.69, 9.17) is 0 Å². The van der Waals surface area contributed by atoms with Crippen LogP contribution in [-0.2, 0) is 0 Å². The first-order valence-electron chi connectivity index (χ1n) is 6.16. The summed E-state index contributed by atoms with van der Waals surface area (Å²) in [6.07, 6.45) is 1.87. The van der Waals surface area contributed by atoms with E-state index in [1.807, 2.05) is 19.3 Å². The summed E-state index contributed by atoms with van der Waals surface area (Å²) >= 11 is 0. The maximum absolute atomic E-state index is 4.45. The average molecular weight is 220 g/mol. The zero-order chi connectivity index (χ0) is 12.1. The third kappa shape index (κ3) is 3.05. The Hall–Kier alpha value is -0.890. The van der Waals surface area contributed by atoms with Crippen molar-refractivity contribution in [1.29, 1.82) is 0 Å². The van der Waals surface area contributed by atoms with Crippen molar-refractivity contribution in [3.63, 3.8) is 0 Å². The number of hydrogen-bond acceptors (Lipinski definition) is 2. The van der Waals surface area contributed by atoms with Gasteiger partial charge < -0.3 is 5.32 Å². The minimum atomic E-state index is 0.448. The molecule has 0 amide bonds. The second-order valence-corrected chi connectivity index (χ2v) is 4.96. The van der Waals surface area contributed by atoms with Gasteiger partial charge in [-0.1, -0.05) is 33.8 Å². The number of rotatable bonds is 5. The van der Waals surface area contributed by atoms with Gasteiger partial charge in [0.15, 0.2) is 0 Å². The molecule has 1 rings (SSSR count). The van der Waals surface area contributed by atoms with E-state index in [9.17, 15) is 0 Å². The minimum absolute atomic E-state index is 0.448. The van der Waals surface area contributed by atoms with Crippen LogP contribution in [0.15, 0.2) is 24.4 Å². The number of aromatic nitrogens is 1. The average Bonchev–Trinajstić information content (AvgIpc) is 2.30. The zero-order valence-electron chi connectivity index (χ0n) is 11.1. The van der Waals surface area contributed by atoms with Crippen molar-refractivity contribution in [2.45, 2.75) is 39.7 Å². The standard InChI is InChI=1S/C14H24N2/c1-10(2)11(3)14(15-5)12(4)13-8-6-7-9-16-13/h6-12,14-15H,1-5H3. The molecule has 2 nitrogen and oxygen atoms in total. The second kappa shape index (κ2) is 6.00. The summed E-state index contributed by atoms with van der Waals surface area (Å²) in [6, 6.07) is 6.62. The minimum Gasteiger partial charge on any atom is -0.316 e. The Morgan fingerprint density at radius 1 is 1.12 bits per heavy atom. The second-order valence-electron chi connectivity index (χ2n) is 4.96. The van der Waals surface area contributed by atoms with Crippen molar-refractivity contribution in [3.05, 3.63) is 30.1 Å². The predicted molar refractivity (Wildman–Crippen MR) is 69.5 cm³/mol. The Morgan fingerprint density at radius 3 is 2.25 bits per heavy atom. The molecule has 0 fully saturated rings. The Labute approximate surface area is 99.5 Å². The summed E-state index contributed by atoms with van der Waals surface area (Å²) in [6.45, 7) is 9.12. The van der Waals surface area contributed by atoms with Crippen molar-refractivity contribution in [3.8, 4) is 0 Å². The highest BCUT2D eigenvalue weighted by molar-refractivity contribution is 5.11. The molecule has 90 valence electrons. The molecule has 0 saturated carbocycles. The van der Waals surface area contributed by atoms with Gasteiger partial charge in [0, 0.05) is 23.9 Å². The molecule has 0 radical (unpaired) electrons. The summed E-state index contributed by atoms with van der Waals surface area (Å²) in [5.41, 5.74) is 1.18. The Bertz CT molecular complexity index is 295. The lowest BCUT2D eigenvalue weighted by molar-refractivity contribution is 0.280. The van der Waals surface area contributed by atoms with Crippen molar-refractivity contribution in [2.24, 2.45) is 11.8 Å². The maximum atomic E-state index is 4.45. The maximum Gasteiger partial charge on any atom is 0.0447 e. The molecule has 16 heavy (non-hydrogen) atoms.